The molecular weight excluding hydrogens is 451 g/mol. The van der Waals surface area contributed by atoms with Crippen LogP contribution in [0, 0.1) is 41.4 Å². The molecule has 160 valence electrons. The van der Waals surface area contributed by atoms with Gasteiger partial charge in [0.1, 0.15) is 0 Å². The Balaban J connectivity index is 0.00000190. The van der Waals surface area contributed by atoms with E-state index in [1.54, 1.807) is 0 Å². The van der Waals surface area contributed by atoms with Crippen LogP contribution in [-0.4, -0.2) is 3.92 Å². The second kappa shape index (κ2) is 14.7. The van der Waals surface area contributed by atoms with Gasteiger partial charge < -0.3 is 0 Å². The third-order valence-electron chi connectivity index (χ3n) is 6.90. The third kappa shape index (κ3) is 8.25. The molecule has 28 heavy (non-hydrogen) atoms. The summed E-state index contributed by atoms with van der Waals surface area (Å²) in [5.74, 6) is 10.6. The second-order valence-electron chi connectivity index (χ2n) is 8.61. The Labute approximate surface area is 190 Å². The Morgan fingerprint density at radius 2 is 1.75 bits per heavy atom. The van der Waals surface area contributed by atoms with Crippen molar-refractivity contribution in [3.05, 3.63) is 23.8 Å². The average Bonchev–Trinajstić information content (AvgIpc) is 2.97. The van der Waals surface area contributed by atoms with Crippen molar-refractivity contribution in [2.24, 2.45) is 29.6 Å². The van der Waals surface area contributed by atoms with Gasteiger partial charge in [-0.15, -0.1) is 0 Å². The highest BCUT2D eigenvalue weighted by Gasteiger charge is 2.26. The molecule has 0 N–H and O–H groups in total. The van der Waals surface area contributed by atoms with Gasteiger partial charge in [0.2, 0.25) is 0 Å². The van der Waals surface area contributed by atoms with Gasteiger partial charge in [0.15, 0.2) is 0 Å². The summed E-state index contributed by atoms with van der Waals surface area (Å²) in [6.07, 6.45) is 19.2. The predicted molar refractivity (Wildman–Crippen MR) is 136 cm³/mol. The summed E-state index contributed by atoms with van der Waals surface area (Å²) in [5.41, 5.74) is 1.50. The lowest BCUT2D eigenvalue weighted by Crippen LogP contribution is -2.21. The van der Waals surface area contributed by atoms with Crippen LogP contribution in [0.5, 0.6) is 0 Å². The third-order valence-corrected chi connectivity index (χ3v) is 8.54. The Hall–Kier alpha value is -0.230. The van der Waals surface area contributed by atoms with E-state index in [0.29, 0.717) is 11.8 Å². The molecule has 0 aromatic heterocycles. The molecule has 1 fully saturated rings. The normalized spacial score (nSPS) is 26.3. The summed E-state index contributed by atoms with van der Waals surface area (Å²) < 4.78 is 0.856. The Morgan fingerprint density at radius 1 is 1.07 bits per heavy atom. The molecule has 0 aromatic rings. The monoisotopic (exact) mass is 496 g/mol. The lowest BCUT2D eigenvalue weighted by molar-refractivity contribution is 0.306. The van der Waals surface area contributed by atoms with Gasteiger partial charge in [-0.05, 0) is 61.0 Å². The summed E-state index contributed by atoms with van der Waals surface area (Å²) in [6.45, 7) is 13.5. The van der Waals surface area contributed by atoms with Crippen LogP contribution in [0.15, 0.2) is 23.8 Å². The Morgan fingerprint density at radius 3 is 2.36 bits per heavy atom. The molecule has 0 bridgehead atoms. The van der Waals surface area contributed by atoms with Crippen molar-refractivity contribution in [3.8, 4) is 11.8 Å². The fraction of sp³-hybridized carbons (Fsp3) is 0.778. The largest absolute Gasteiger partial charge is 0.0909 e. The molecule has 5 atom stereocenters. The number of hydrogen-bond acceptors (Lipinski definition) is 0. The molecule has 0 aromatic carbocycles. The maximum Gasteiger partial charge on any atom is 0.0392 e. The highest BCUT2D eigenvalue weighted by atomic mass is 127. The van der Waals surface area contributed by atoms with Gasteiger partial charge in [-0.3, -0.25) is 0 Å². The van der Waals surface area contributed by atoms with Crippen molar-refractivity contribution in [1.29, 1.82) is 0 Å². The molecule has 0 amide bonds. The Bertz CT molecular complexity index is 528. The van der Waals surface area contributed by atoms with Crippen molar-refractivity contribution < 1.29 is 0 Å². The van der Waals surface area contributed by atoms with Crippen molar-refractivity contribution in [2.45, 2.75) is 103 Å². The minimum atomic E-state index is 0.454. The summed E-state index contributed by atoms with van der Waals surface area (Å²) >= 11 is 2.69. The van der Waals surface area contributed by atoms with Crippen LogP contribution in [0.25, 0.3) is 0 Å². The number of halogens is 1. The molecule has 1 saturated carbocycles. The van der Waals surface area contributed by atoms with E-state index < -0.39 is 0 Å². The molecule has 0 heterocycles. The summed E-state index contributed by atoms with van der Waals surface area (Å²) in [5, 5.41) is 0. The van der Waals surface area contributed by atoms with E-state index in [1.165, 1.54) is 63.4 Å². The first kappa shape index (κ1) is 25.8. The zero-order valence-electron chi connectivity index (χ0n) is 19.4. The van der Waals surface area contributed by atoms with E-state index in [2.05, 4.69) is 80.4 Å². The Kier molecular flexibility index (Phi) is 13.6. The topological polar surface area (TPSA) is 0 Å². The van der Waals surface area contributed by atoms with E-state index in [1.807, 2.05) is 13.8 Å². The molecule has 0 saturated heterocycles. The molecule has 0 radical (unpaired) electrons. The van der Waals surface area contributed by atoms with Crippen LogP contribution in [0.4, 0.5) is 0 Å². The molecule has 1 heteroatoms. The minimum absolute atomic E-state index is 0.454. The van der Waals surface area contributed by atoms with E-state index in [4.69, 9.17) is 0 Å². The quantitative estimate of drug-likeness (QED) is 0.170. The summed E-state index contributed by atoms with van der Waals surface area (Å²) in [7, 11) is 0. The maximum atomic E-state index is 3.56. The van der Waals surface area contributed by atoms with Crippen LogP contribution in [-0.2, 0) is 0 Å². The standard InChI is InChI=1S/C25H39I.C2H6/c1-5-19(4)24(18-20(6-2)7-3)22-13-10-11-21(15-16-22)17-23-12-8-9-14-25(23)26;1-2/h13,15-16,19-21,23-25H,5-9,12,14,17-18H2,1-4H3;1-2H3. The van der Waals surface area contributed by atoms with Gasteiger partial charge in [0.25, 0.3) is 0 Å². The molecule has 0 spiro atoms. The van der Waals surface area contributed by atoms with Gasteiger partial charge in [0, 0.05) is 9.84 Å². The van der Waals surface area contributed by atoms with Crippen molar-refractivity contribution in [3.63, 3.8) is 0 Å². The van der Waals surface area contributed by atoms with Crippen molar-refractivity contribution in [1.82, 2.24) is 0 Å². The molecule has 2 rings (SSSR count). The molecule has 2 aliphatic rings. The van der Waals surface area contributed by atoms with Crippen LogP contribution >= 0.6 is 22.6 Å². The first-order valence-corrected chi connectivity index (χ1v) is 13.4. The smallest absolute Gasteiger partial charge is 0.0392 e. The predicted octanol–water partition coefficient (Wildman–Crippen LogP) is 9.00. The number of rotatable bonds is 9. The van der Waals surface area contributed by atoms with E-state index >= 15 is 0 Å². The molecular formula is C27H45I. The highest BCUT2D eigenvalue weighted by molar-refractivity contribution is 14.1. The van der Waals surface area contributed by atoms with Crippen LogP contribution in [0.3, 0.4) is 0 Å². The zero-order chi connectivity index (χ0) is 20.9. The zero-order valence-corrected chi connectivity index (χ0v) is 21.6. The summed E-state index contributed by atoms with van der Waals surface area (Å²) in [4.78, 5) is 0. The van der Waals surface area contributed by atoms with E-state index in [-0.39, 0.29) is 0 Å². The van der Waals surface area contributed by atoms with Gasteiger partial charge in [-0.2, -0.15) is 0 Å². The van der Waals surface area contributed by atoms with Crippen molar-refractivity contribution in [2.75, 3.05) is 0 Å². The van der Waals surface area contributed by atoms with Crippen LogP contribution in [0.2, 0.25) is 0 Å². The first-order valence-electron chi connectivity index (χ1n) is 12.1. The fourth-order valence-corrected chi connectivity index (χ4v) is 5.73. The van der Waals surface area contributed by atoms with Gasteiger partial charge in [-0.25, -0.2) is 0 Å². The molecule has 5 unspecified atom stereocenters. The number of hydrogen-bond donors (Lipinski definition) is 0. The first-order chi connectivity index (χ1) is 13.6. The van der Waals surface area contributed by atoms with Gasteiger partial charge in [-0.1, -0.05) is 120 Å². The lowest BCUT2D eigenvalue weighted by Gasteiger charge is -2.29. The maximum absolute atomic E-state index is 3.56. The van der Waals surface area contributed by atoms with E-state index in [9.17, 15) is 0 Å². The van der Waals surface area contributed by atoms with Crippen LogP contribution in [0.1, 0.15) is 99.3 Å². The second-order valence-corrected chi connectivity index (χ2v) is 10.2. The van der Waals surface area contributed by atoms with Gasteiger partial charge in [0.05, 0.1) is 0 Å². The molecule has 0 aliphatic heterocycles. The molecule has 0 nitrogen and oxygen atoms in total. The summed E-state index contributed by atoms with van der Waals surface area (Å²) in [6, 6.07) is 0. The van der Waals surface area contributed by atoms with Crippen molar-refractivity contribution >= 4 is 22.6 Å². The van der Waals surface area contributed by atoms with Gasteiger partial charge >= 0.3 is 0 Å². The average molecular weight is 497 g/mol. The fourth-order valence-electron chi connectivity index (χ4n) is 4.64. The number of allylic oxidation sites excluding steroid dienone is 4. The van der Waals surface area contributed by atoms with E-state index in [0.717, 1.165) is 21.7 Å². The lowest BCUT2D eigenvalue weighted by atomic mass is 9.77. The SMILES string of the molecule is CC.CCC(CC)CC(C1=CC#CC(CC2CCCCC2I)C=C1)C(C)CC. The minimum Gasteiger partial charge on any atom is -0.0909 e. The molecule has 2 aliphatic carbocycles. The van der Waals surface area contributed by atoms with Crippen LogP contribution < -0.4 is 0 Å². The number of alkyl halides is 1. The highest BCUT2D eigenvalue weighted by Crippen LogP contribution is 2.36.